The van der Waals surface area contributed by atoms with Gasteiger partial charge in [-0.15, -0.1) is 0 Å². The molecule has 154 valence electrons. The summed E-state index contributed by atoms with van der Waals surface area (Å²) in [6.07, 6.45) is 1.67. The van der Waals surface area contributed by atoms with Gasteiger partial charge in [0.15, 0.2) is 0 Å². The summed E-state index contributed by atoms with van der Waals surface area (Å²) in [4.78, 5) is 25.9. The summed E-state index contributed by atoms with van der Waals surface area (Å²) in [6.45, 7) is 2.08. The molecular formula is C22H27N3O4. The second kappa shape index (κ2) is 9.43. The molecule has 2 aromatic rings. The second-order valence-corrected chi connectivity index (χ2v) is 7.18. The maximum Gasteiger partial charge on any atom is 0.322 e. The zero-order valence-corrected chi connectivity index (χ0v) is 16.7. The Morgan fingerprint density at radius 2 is 1.97 bits per heavy atom. The molecule has 1 fully saturated rings. The van der Waals surface area contributed by atoms with Crippen LogP contribution >= 0.6 is 0 Å². The van der Waals surface area contributed by atoms with Crippen LogP contribution in [0.1, 0.15) is 37.9 Å². The van der Waals surface area contributed by atoms with Gasteiger partial charge in [-0.1, -0.05) is 30.3 Å². The predicted octanol–water partition coefficient (Wildman–Crippen LogP) is 3.77. The fourth-order valence-electron chi connectivity index (χ4n) is 3.67. The number of hydrogen-bond acceptors (Lipinski definition) is 4. The van der Waals surface area contributed by atoms with Gasteiger partial charge in [-0.2, -0.15) is 0 Å². The van der Waals surface area contributed by atoms with Crippen LogP contribution in [-0.2, 0) is 4.79 Å². The van der Waals surface area contributed by atoms with E-state index in [1.807, 2.05) is 30.3 Å². The number of nitrogens with one attached hydrogen (secondary N) is 2. The van der Waals surface area contributed by atoms with E-state index in [1.54, 1.807) is 23.1 Å². The van der Waals surface area contributed by atoms with Crippen molar-refractivity contribution >= 4 is 23.3 Å². The quantitative estimate of drug-likeness (QED) is 0.692. The molecule has 7 nitrogen and oxygen atoms in total. The van der Waals surface area contributed by atoms with Crippen molar-refractivity contribution in [3.05, 3.63) is 54.1 Å². The summed E-state index contributed by atoms with van der Waals surface area (Å²) in [6, 6.07) is 14.4. The Labute approximate surface area is 170 Å². The number of hydrogen-bond donors (Lipinski definition) is 3. The zero-order valence-electron chi connectivity index (χ0n) is 16.7. The molecule has 1 aliphatic rings. The molecule has 3 N–H and O–H groups in total. The normalized spacial score (nSPS) is 16.9. The lowest BCUT2D eigenvalue weighted by Crippen LogP contribution is -2.39. The van der Waals surface area contributed by atoms with Crippen LogP contribution in [0.2, 0.25) is 0 Å². The number of methoxy groups -OCH3 is 1. The first-order valence-electron chi connectivity index (χ1n) is 9.74. The minimum absolute atomic E-state index is 0.0224. The van der Waals surface area contributed by atoms with Crippen LogP contribution in [0.5, 0.6) is 5.75 Å². The van der Waals surface area contributed by atoms with Gasteiger partial charge in [-0.25, -0.2) is 4.79 Å². The summed E-state index contributed by atoms with van der Waals surface area (Å²) in [5.74, 6) is 0.271. The van der Waals surface area contributed by atoms with Gasteiger partial charge < -0.3 is 25.4 Å². The maximum atomic E-state index is 12.8. The minimum Gasteiger partial charge on any atom is -0.494 e. The molecule has 1 aliphatic heterocycles. The Balaban J connectivity index is 1.65. The van der Waals surface area contributed by atoms with Crippen molar-refractivity contribution in [3.63, 3.8) is 0 Å². The van der Waals surface area contributed by atoms with Crippen LogP contribution in [0.4, 0.5) is 16.2 Å². The van der Waals surface area contributed by atoms with Crippen LogP contribution in [0, 0.1) is 0 Å². The molecule has 0 aliphatic carbocycles. The number of nitrogens with zero attached hydrogens (tertiary/aromatic N) is 1. The number of urea groups is 1. The van der Waals surface area contributed by atoms with E-state index in [1.165, 1.54) is 14.0 Å². The molecule has 0 unspecified atom stereocenters. The molecule has 2 aromatic carbocycles. The van der Waals surface area contributed by atoms with Crippen molar-refractivity contribution in [3.8, 4) is 5.75 Å². The fourth-order valence-corrected chi connectivity index (χ4v) is 3.67. The first-order valence-corrected chi connectivity index (χ1v) is 9.74. The van der Waals surface area contributed by atoms with Crippen LogP contribution in [0.15, 0.2) is 48.5 Å². The Morgan fingerprint density at radius 1 is 1.21 bits per heavy atom. The van der Waals surface area contributed by atoms with E-state index in [0.717, 1.165) is 18.4 Å². The largest absolute Gasteiger partial charge is 0.494 e. The van der Waals surface area contributed by atoms with E-state index in [-0.39, 0.29) is 18.0 Å². The highest BCUT2D eigenvalue weighted by atomic mass is 16.5. The predicted molar refractivity (Wildman–Crippen MR) is 112 cm³/mol. The second-order valence-electron chi connectivity index (χ2n) is 7.18. The van der Waals surface area contributed by atoms with E-state index in [4.69, 9.17) is 4.74 Å². The third-order valence-electron chi connectivity index (χ3n) is 5.08. The highest BCUT2D eigenvalue weighted by Gasteiger charge is 2.30. The highest BCUT2D eigenvalue weighted by molar-refractivity contribution is 5.93. The van der Waals surface area contributed by atoms with E-state index >= 15 is 0 Å². The number of anilines is 2. The molecule has 0 saturated carbocycles. The topological polar surface area (TPSA) is 90.9 Å². The van der Waals surface area contributed by atoms with Gasteiger partial charge in [0.05, 0.1) is 18.9 Å². The number of carbonyl (C=O) groups excluding carboxylic acids is 2. The van der Waals surface area contributed by atoms with Crippen molar-refractivity contribution in [2.45, 2.75) is 38.3 Å². The number of rotatable bonds is 6. The average molecular weight is 397 g/mol. The van der Waals surface area contributed by atoms with Crippen molar-refractivity contribution in [1.29, 1.82) is 0 Å². The Hall–Kier alpha value is -3.06. The molecule has 0 spiro atoms. The van der Waals surface area contributed by atoms with Crippen LogP contribution in [0.3, 0.4) is 0 Å². The van der Waals surface area contributed by atoms with Gasteiger partial charge in [-0.05, 0) is 37.0 Å². The molecule has 0 radical (unpaired) electrons. The molecule has 29 heavy (non-hydrogen) atoms. The molecule has 1 heterocycles. The first-order chi connectivity index (χ1) is 14.0. The molecule has 3 amide bonds. The van der Waals surface area contributed by atoms with Crippen LogP contribution < -0.4 is 15.4 Å². The summed E-state index contributed by atoms with van der Waals surface area (Å²) in [5, 5.41) is 16.1. The molecule has 0 aromatic heterocycles. The average Bonchev–Trinajstić information content (AvgIpc) is 3.17. The Morgan fingerprint density at radius 3 is 2.66 bits per heavy atom. The molecule has 0 bridgehead atoms. The first kappa shape index (κ1) is 20.7. The Bertz CT molecular complexity index is 856. The van der Waals surface area contributed by atoms with E-state index in [2.05, 4.69) is 10.6 Å². The SMILES string of the molecule is COc1cc(NC(=O)N2CCC[C@@H]2C[C@H](O)c2ccccc2)ccc1NC(C)=O. The van der Waals surface area contributed by atoms with E-state index < -0.39 is 6.10 Å². The van der Waals surface area contributed by atoms with Gasteiger partial charge in [0, 0.05) is 31.3 Å². The summed E-state index contributed by atoms with van der Waals surface area (Å²) >= 11 is 0. The lowest BCUT2D eigenvalue weighted by molar-refractivity contribution is -0.114. The van der Waals surface area contributed by atoms with Gasteiger partial charge in [-0.3, -0.25) is 4.79 Å². The Kier molecular flexibility index (Phi) is 6.72. The maximum absolute atomic E-state index is 12.8. The molecule has 7 heteroatoms. The van der Waals surface area contributed by atoms with Crippen LogP contribution in [-0.4, -0.2) is 41.6 Å². The number of carbonyl (C=O) groups is 2. The number of ether oxygens (including phenoxy) is 1. The number of aliphatic hydroxyl groups is 1. The van der Waals surface area contributed by atoms with Gasteiger partial charge in [0.25, 0.3) is 0 Å². The monoisotopic (exact) mass is 397 g/mol. The molecule has 2 atom stereocenters. The van der Waals surface area contributed by atoms with E-state index in [9.17, 15) is 14.7 Å². The summed E-state index contributed by atoms with van der Waals surface area (Å²) in [7, 11) is 1.51. The number of aliphatic hydroxyl groups excluding tert-OH is 1. The summed E-state index contributed by atoms with van der Waals surface area (Å²) < 4.78 is 5.30. The lowest BCUT2D eigenvalue weighted by atomic mass is 10.0. The van der Waals surface area contributed by atoms with Gasteiger partial charge in [0.2, 0.25) is 5.91 Å². The standard InChI is InChI=1S/C22H27N3O4/c1-15(26)23-19-11-10-17(13-21(19)29-2)24-22(28)25-12-6-9-18(25)14-20(27)16-7-4-3-5-8-16/h3-5,7-8,10-11,13,18,20,27H,6,9,12,14H2,1-2H3,(H,23,26)(H,24,28)/t18-,20+/m1/s1. The third kappa shape index (κ3) is 5.26. The fraction of sp³-hybridized carbons (Fsp3) is 0.364. The van der Waals surface area contributed by atoms with E-state index in [0.29, 0.717) is 30.1 Å². The lowest BCUT2D eigenvalue weighted by Gasteiger charge is -2.27. The minimum atomic E-state index is -0.605. The van der Waals surface area contributed by atoms with Gasteiger partial charge in [0.1, 0.15) is 5.75 Å². The van der Waals surface area contributed by atoms with Crippen molar-refractivity contribution in [2.24, 2.45) is 0 Å². The third-order valence-corrected chi connectivity index (χ3v) is 5.08. The van der Waals surface area contributed by atoms with Crippen molar-refractivity contribution in [2.75, 3.05) is 24.3 Å². The molecular weight excluding hydrogens is 370 g/mol. The number of likely N-dealkylation sites (tertiary alicyclic amines) is 1. The molecule has 1 saturated heterocycles. The van der Waals surface area contributed by atoms with Crippen LogP contribution in [0.25, 0.3) is 0 Å². The number of amides is 3. The summed E-state index contributed by atoms with van der Waals surface area (Å²) in [5.41, 5.74) is 1.98. The molecule has 3 rings (SSSR count). The zero-order chi connectivity index (χ0) is 20.8. The van der Waals surface area contributed by atoms with Crippen molar-refractivity contribution in [1.82, 2.24) is 4.90 Å². The number of benzene rings is 2. The highest BCUT2D eigenvalue weighted by Crippen LogP contribution is 2.30. The van der Waals surface area contributed by atoms with Gasteiger partial charge >= 0.3 is 6.03 Å². The van der Waals surface area contributed by atoms with Crippen molar-refractivity contribution < 1.29 is 19.4 Å². The smallest absolute Gasteiger partial charge is 0.322 e.